The van der Waals surface area contributed by atoms with E-state index in [1.807, 2.05) is 6.92 Å². The third kappa shape index (κ3) is 2.58. The molecule has 0 aromatic rings. The number of esters is 1. The summed E-state index contributed by atoms with van der Waals surface area (Å²) in [6.45, 7) is 7.90. The Balaban J connectivity index is 1.76. The highest BCUT2D eigenvalue weighted by Gasteiger charge is 2.71. The number of hydrogen-bond donors (Lipinski definition) is 2. The number of thiol groups is 1. The van der Waals surface area contributed by atoms with E-state index in [-0.39, 0.29) is 52.7 Å². The molecule has 0 unspecified atom stereocenters. The molecule has 4 aliphatic rings. The Hall–Kier alpha value is -1.56. The normalized spacial score (nSPS) is 44.9. The molecule has 0 radical (unpaired) electrons. The zero-order chi connectivity index (χ0) is 22.1. The number of fused-ring (bicyclic) bond motifs is 5. The number of aliphatic hydroxyl groups excluding tert-OH is 1. The number of ketones is 1. The van der Waals surface area contributed by atoms with Crippen LogP contribution in [0.2, 0.25) is 0 Å². The summed E-state index contributed by atoms with van der Waals surface area (Å²) in [5.41, 5.74) is -1.20. The summed E-state index contributed by atoms with van der Waals surface area (Å²) < 4.78 is 5.96. The highest BCUT2D eigenvalue weighted by molar-refractivity contribution is 7.96. The molecule has 30 heavy (non-hydrogen) atoms. The molecule has 164 valence electrons. The number of rotatable bonds is 3. The average molecular weight is 433 g/mol. The van der Waals surface area contributed by atoms with Gasteiger partial charge in [-0.05, 0) is 62.9 Å². The van der Waals surface area contributed by atoms with Crippen LogP contribution in [0.25, 0.3) is 0 Å². The van der Waals surface area contributed by atoms with Crippen LogP contribution in [0.4, 0.5) is 0 Å². The zero-order valence-electron chi connectivity index (χ0n) is 18.2. The molecule has 0 aromatic carbocycles. The van der Waals surface area contributed by atoms with Crippen LogP contribution < -0.4 is 0 Å². The third-order valence-corrected chi connectivity index (χ3v) is 9.47. The number of carbonyl (C=O) groups is 3. The predicted molar refractivity (Wildman–Crippen MR) is 116 cm³/mol. The summed E-state index contributed by atoms with van der Waals surface area (Å²) in [4.78, 5) is 37.3. The molecule has 0 spiro atoms. The predicted octanol–water partition coefficient (Wildman–Crippen LogP) is 4.57. The van der Waals surface area contributed by atoms with E-state index in [0.29, 0.717) is 0 Å². The van der Waals surface area contributed by atoms with Gasteiger partial charge in [-0.1, -0.05) is 26.3 Å². The second-order valence-corrected chi connectivity index (χ2v) is 10.6. The van der Waals surface area contributed by atoms with Gasteiger partial charge in [0.1, 0.15) is 5.76 Å². The van der Waals surface area contributed by atoms with Crippen LogP contribution in [-0.2, 0) is 19.1 Å². The minimum Gasteiger partial charge on any atom is -0.511 e. The number of aliphatic hydroxyl groups is 1. The standard InChI is InChI=1S/C24H32O5S/c1-5-20(27)29-24(21(28)30)13(2)10-18-16-7-6-14-11-15(25)12-19(26)23(14,4)17(16)8-9-22(18,24)3/h11-13,16-18,26H,5-10H2,1-4H3,(H,28,30)/t13-,16-,17+,18+,22+,23+,24+/m1/s1. The lowest BCUT2D eigenvalue weighted by molar-refractivity contribution is -0.190. The van der Waals surface area contributed by atoms with Gasteiger partial charge in [0.05, 0.1) is 0 Å². The molecule has 5 nitrogen and oxygen atoms in total. The Morgan fingerprint density at radius 2 is 1.93 bits per heavy atom. The van der Waals surface area contributed by atoms with E-state index in [1.54, 1.807) is 13.0 Å². The summed E-state index contributed by atoms with van der Waals surface area (Å²) in [5.74, 6) is 0.222. The fourth-order valence-corrected chi connectivity index (χ4v) is 8.12. The van der Waals surface area contributed by atoms with Crippen molar-refractivity contribution >= 4 is 29.5 Å². The first-order valence-corrected chi connectivity index (χ1v) is 11.6. The van der Waals surface area contributed by atoms with Crippen LogP contribution in [0.15, 0.2) is 23.5 Å². The van der Waals surface area contributed by atoms with E-state index >= 15 is 0 Å². The number of allylic oxidation sites excluding steroid dienone is 3. The lowest BCUT2D eigenvalue weighted by Crippen LogP contribution is -2.60. The molecular weight excluding hydrogens is 400 g/mol. The van der Waals surface area contributed by atoms with Crippen LogP contribution in [0, 0.1) is 34.5 Å². The quantitative estimate of drug-likeness (QED) is 0.504. The summed E-state index contributed by atoms with van der Waals surface area (Å²) in [6, 6.07) is 0. The summed E-state index contributed by atoms with van der Waals surface area (Å²) in [5, 5.41) is 10.5. The number of hydrogen-bond acceptors (Lipinski definition) is 5. The summed E-state index contributed by atoms with van der Waals surface area (Å²) >= 11 is 4.24. The number of ether oxygens (including phenoxy) is 1. The fraction of sp³-hybridized carbons (Fsp3) is 0.708. The van der Waals surface area contributed by atoms with E-state index in [4.69, 9.17) is 4.74 Å². The Labute approximate surface area is 183 Å². The molecule has 7 atom stereocenters. The van der Waals surface area contributed by atoms with Crippen molar-refractivity contribution in [3.8, 4) is 0 Å². The average Bonchev–Trinajstić information content (AvgIpc) is 2.91. The molecular formula is C24H32O5S. The highest BCUT2D eigenvalue weighted by atomic mass is 32.1. The Kier molecular flexibility index (Phi) is 5.04. The molecule has 1 N–H and O–H groups in total. The van der Waals surface area contributed by atoms with Crippen molar-refractivity contribution in [1.29, 1.82) is 0 Å². The lowest BCUT2D eigenvalue weighted by atomic mass is 9.47. The fourth-order valence-electron chi connectivity index (χ4n) is 7.59. The summed E-state index contributed by atoms with van der Waals surface area (Å²) in [6.07, 6.45) is 7.28. The number of carbonyl (C=O) groups excluding carboxylic acids is 3. The molecule has 4 aliphatic carbocycles. The van der Waals surface area contributed by atoms with Crippen LogP contribution in [0.5, 0.6) is 0 Å². The largest absolute Gasteiger partial charge is 0.511 e. The van der Waals surface area contributed by atoms with E-state index in [1.165, 1.54) is 6.08 Å². The molecule has 0 aliphatic heterocycles. The summed E-state index contributed by atoms with van der Waals surface area (Å²) in [7, 11) is 0. The van der Waals surface area contributed by atoms with Crippen molar-refractivity contribution in [3.63, 3.8) is 0 Å². The second kappa shape index (κ2) is 6.98. The first-order chi connectivity index (χ1) is 14.0. The smallest absolute Gasteiger partial charge is 0.306 e. The highest BCUT2D eigenvalue weighted by Crippen LogP contribution is 2.69. The first-order valence-electron chi connectivity index (χ1n) is 11.1. The van der Waals surface area contributed by atoms with Crippen LogP contribution in [0.3, 0.4) is 0 Å². The minimum absolute atomic E-state index is 0.117. The SMILES string of the molecule is CCC(=O)O[C@]1(C(=O)S)[C@H](C)C[C@H]2[C@@H]3CCC4=CC(=O)C=C(O)[C@]4(C)[C@H]3CC[C@@]21C. The van der Waals surface area contributed by atoms with Gasteiger partial charge in [-0.15, -0.1) is 12.6 Å². The van der Waals surface area contributed by atoms with Crippen LogP contribution >= 0.6 is 12.6 Å². The van der Waals surface area contributed by atoms with Crippen molar-refractivity contribution in [2.75, 3.05) is 0 Å². The van der Waals surface area contributed by atoms with Gasteiger partial charge in [0, 0.05) is 29.2 Å². The van der Waals surface area contributed by atoms with Gasteiger partial charge >= 0.3 is 5.97 Å². The Bertz CT molecular complexity index is 875. The maximum atomic E-state index is 12.9. The molecule has 3 fully saturated rings. The van der Waals surface area contributed by atoms with Crippen molar-refractivity contribution in [1.82, 2.24) is 0 Å². The van der Waals surface area contributed by atoms with Crippen molar-refractivity contribution in [2.45, 2.75) is 71.8 Å². The zero-order valence-corrected chi connectivity index (χ0v) is 19.1. The van der Waals surface area contributed by atoms with Gasteiger partial charge in [0.15, 0.2) is 11.4 Å². The van der Waals surface area contributed by atoms with Crippen LogP contribution in [0.1, 0.15) is 66.2 Å². The monoisotopic (exact) mass is 432 g/mol. The van der Waals surface area contributed by atoms with Crippen molar-refractivity contribution in [3.05, 3.63) is 23.5 Å². The third-order valence-electron chi connectivity index (χ3n) is 9.14. The Morgan fingerprint density at radius 3 is 2.57 bits per heavy atom. The lowest BCUT2D eigenvalue weighted by Gasteiger charge is -2.58. The van der Waals surface area contributed by atoms with Crippen molar-refractivity contribution in [2.24, 2.45) is 34.5 Å². The Morgan fingerprint density at radius 1 is 1.23 bits per heavy atom. The minimum atomic E-state index is -1.21. The van der Waals surface area contributed by atoms with Gasteiger partial charge in [-0.25, -0.2) is 0 Å². The topological polar surface area (TPSA) is 80.7 Å². The van der Waals surface area contributed by atoms with Gasteiger partial charge in [-0.2, -0.15) is 0 Å². The molecule has 4 rings (SSSR count). The van der Waals surface area contributed by atoms with Crippen LogP contribution in [-0.4, -0.2) is 27.6 Å². The van der Waals surface area contributed by atoms with Gasteiger partial charge in [-0.3, -0.25) is 14.4 Å². The molecule has 0 bridgehead atoms. The molecule has 6 heteroatoms. The van der Waals surface area contributed by atoms with E-state index in [9.17, 15) is 19.5 Å². The molecule has 0 heterocycles. The second-order valence-electron chi connectivity index (χ2n) is 10.2. The molecule has 0 aromatic heterocycles. The first kappa shape index (κ1) is 21.7. The van der Waals surface area contributed by atoms with E-state index in [2.05, 4.69) is 26.5 Å². The van der Waals surface area contributed by atoms with E-state index in [0.717, 1.165) is 37.7 Å². The van der Waals surface area contributed by atoms with Gasteiger partial charge in [0.25, 0.3) is 0 Å². The van der Waals surface area contributed by atoms with Gasteiger partial charge < -0.3 is 9.84 Å². The van der Waals surface area contributed by atoms with Gasteiger partial charge in [0.2, 0.25) is 5.12 Å². The maximum Gasteiger partial charge on any atom is 0.306 e. The molecule has 0 amide bonds. The van der Waals surface area contributed by atoms with E-state index < -0.39 is 16.4 Å². The maximum absolute atomic E-state index is 12.9. The molecule has 3 saturated carbocycles. The van der Waals surface area contributed by atoms with Crippen molar-refractivity contribution < 1.29 is 24.2 Å². The molecule has 0 saturated heterocycles.